The largest absolute Gasteiger partial charge is 0.307 e. The Hall–Kier alpha value is -1.72. The van der Waals surface area contributed by atoms with E-state index in [1.54, 1.807) is 41.2 Å². The summed E-state index contributed by atoms with van der Waals surface area (Å²) in [7, 11) is 0. The van der Waals surface area contributed by atoms with Gasteiger partial charge in [-0.05, 0) is 35.9 Å². The lowest BCUT2D eigenvalue weighted by Gasteiger charge is -2.11. The monoisotopic (exact) mass is 413 g/mol. The maximum absolute atomic E-state index is 12.4. The quantitative estimate of drug-likeness (QED) is 0.586. The summed E-state index contributed by atoms with van der Waals surface area (Å²) in [5.41, 5.74) is 1.15. The molecule has 0 aliphatic carbocycles. The van der Waals surface area contributed by atoms with E-state index in [0.29, 0.717) is 33.0 Å². The van der Waals surface area contributed by atoms with E-state index in [0.717, 1.165) is 5.56 Å². The molecule has 8 heteroatoms. The second kappa shape index (κ2) is 7.67. The normalized spacial score (nSPS) is 10.7. The number of rotatable bonds is 4. The molecule has 0 atom stereocenters. The zero-order valence-electron chi connectivity index (χ0n) is 12.6. The number of hydrogen-bond acceptors (Lipinski definition) is 2. The van der Waals surface area contributed by atoms with Crippen LogP contribution in [0, 0.1) is 0 Å². The van der Waals surface area contributed by atoms with E-state index in [1.165, 1.54) is 6.07 Å². The molecule has 128 valence electrons. The van der Waals surface area contributed by atoms with Crippen LogP contribution in [0.4, 0.5) is 5.82 Å². The summed E-state index contributed by atoms with van der Waals surface area (Å²) < 4.78 is 1.62. The third kappa shape index (κ3) is 4.28. The summed E-state index contributed by atoms with van der Waals surface area (Å²) in [6, 6.07) is 11.6. The Morgan fingerprint density at radius 3 is 2.32 bits per heavy atom. The lowest BCUT2D eigenvalue weighted by atomic mass is 10.2. The number of amides is 1. The first-order valence-corrected chi connectivity index (χ1v) is 8.67. The number of aromatic nitrogens is 2. The van der Waals surface area contributed by atoms with Crippen molar-refractivity contribution in [3.8, 4) is 0 Å². The topological polar surface area (TPSA) is 46.9 Å². The van der Waals surface area contributed by atoms with Crippen molar-refractivity contribution in [3.63, 3.8) is 0 Å². The SMILES string of the molecule is O=C(Nc1ccnn1Cc1ccc(Cl)cc1Cl)c1ccc(Cl)cc1Cl. The van der Waals surface area contributed by atoms with Crippen molar-refractivity contribution in [2.45, 2.75) is 6.54 Å². The van der Waals surface area contributed by atoms with Gasteiger partial charge in [0.25, 0.3) is 5.91 Å². The molecule has 25 heavy (non-hydrogen) atoms. The Morgan fingerprint density at radius 1 is 0.960 bits per heavy atom. The molecule has 0 saturated heterocycles. The molecule has 4 nitrogen and oxygen atoms in total. The van der Waals surface area contributed by atoms with Gasteiger partial charge in [-0.2, -0.15) is 5.10 Å². The second-order valence-electron chi connectivity index (χ2n) is 5.19. The molecule has 1 heterocycles. The fraction of sp³-hybridized carbons (Fsp3) is 0.0588. The van der Waals surface area contributed by atoms with E-state index in [9.17, 15) is 4.79 Å². The maximum atomic E-state index is 12.4. The van der Waals surface area contributed by atoms with Crippen LogP contribution in [0.2, 0.25) is 20.1 Å². The van der Waals surface area contributed by atoms with Crippen LogP contribution in [0.15, 0.2) is 48.7 Å². The van der Waals surface area contributed by atoms with Gasteiger partial charge in [0.1, 0.15) is 5.82 Å². The Morgan fingerprint density at radius 2 is 1.64 bits per heavy atom. The maximum Gasteiger partial charge on any atom is 0.258 e. The van der Waals surface area contributed by atoms with Crippen molar-refractivity contribution in [3.05, 3.63) is 79.9 Å². The molecule has 0 aliphatic rings. The molecule has 0 saturated carbocycles. The summed E-state index contributed by atoms with van der Waals surface area (Å²) in [5.74, 6) is 0.160. The standard InChI is InChI=1S/C17H11Cl4N3O/c18-11-2-1-10(14(20)7-11)9-24-16(5-6-22-24)23-17(25)13-4-3-12(19)8-15(13)21/h1-8H,9H2,(H,23,25). The molecule has 3 aromatic rings. The van der Waals surface area contributed by atoms with Crippen LogP contribution >= 0.6 is 46.4 Å². The van der Waals surface area contributed by atoms with Gasteiger partial charge < -0.3 is 5.32 Å². The minimum absolute atomic E-state index is 0.275. The molecular weight excluding hydrogens is 404 g/mol. The lowest BCUT2D eigenvalue weighted by Crippen LogP contribution is -2.16. The molecule has 1 N–H and O–H groups in total. The molecule has 0 spiro atoms. The number of carbonyl (C=O) groups is 1. The van der Waals surface area contributed by atoms with E-state index < -0.39 is 0 Å². The number of nitrogens with one attached hydrogen (secondary N) is 1. The molecule has 2 aromatic carbocycles. The molecule has 0 bridgehead atoms. The summed E-state index contributed by atoms with van der Waals surface area (Å²) in [5, 5.41) is 8.82. The van der Waals surface area contributed by atoms with E-state index in [2.05, 4.69) is 10.4 Å². The highest BCUT2D eigenvalue weighted by atomic mass is 35.5. The van der Waals surface area contributed by atoms with Gasteiger partial charge >= 0.3 is 0 Å². The number of carbonyl (C=O) groups excluding carboxylic acids is 1. The van der Waals surface area contributed by atoms with Gasteiger partial charge in [0.2, 0.25) is 0 Å². The van der Waals surface area contributed by atoms with Gasteiger partial charge in [0.15, 0.2) is 0 Å². The molecule has 0 unspecified atom stereocenters. The second-order valence-corrected chi connectivity index (χ2v) is 6.88. The van der Waals surface area contributed by atoms with Crippen LogP contribution in [0.5, 0.6) is 0 Å². The number of nitrogens with zero attached hydrogens (tertiary/aromatic N) is 2. The lowest BCUT2D eigenvalue weighted by molar-refractivity contribution is 0.102. The fourth-order valence-corrected chi connectivity index (χ4v) is 3.20. The highest BCUT2D eigenvalue weighted by Crippen LogP contribution is 2.24. The Kier molecular flexibility index (Phi) is 5.54. The smallest absolute Gasteiger partial charge is 0.258 e. The summed E-state index contributed by atoms with van der Waals surface area (Å²) in [6.07, 6.45) is 1.59. The number of benzene rings is 2. The van der Waals surface area contributed by atoms with Gasteiger partial charge in [-0.15, -0.1) is 0 Å². The average molecular weight is 415 g/mol. The highest BCUT2D eigenvalue weighted by Gasteiger charge is 2.14. The Labute approximate surface area is 164 Å². The summed E-state index contributed by atoms with van der Waals surface area (Å²) in [4.78, 5) is 12.4. The van der Waals surface area contributed by atoms with E-state index in [-0.39, 0.29) is 10.9 Å². The Balaban J connectivity index is 1.81. The molecular formula is C17H11Cl4N3O. The van der Waals surface area contributed by atoms with Crippen LogP contribution in [-0.2, 0) is 6.54 Å². The fourth-order valence-electron chi connectivity index (χ4n) is 2.23. The molecule has 0 aliphatic heterocycles. The zero-order chi connectivity index (χ0) is 18.0. The van der Waals surface area contributed by atoms with Crippen molar-refractivity contribution in [2.24, 2.45) is 0 Å². The summed E-state index contributed by atoms with van der Waals surface area (Å²) >= 11 is 24.0. The predicted octanol–water partition coefficient (Wildman–Crippen LogP) is 5.80. The highest BCUT2D eigenvalue weighted by molar-refractivity contribution is 6.37. The third-order valence-corrected chi connectivity index (χ3v) is 4.60. The van der Waals surface area contributed by atoms with Crippen molar-refractivity contribution in [2.75, 3.05) is 5.32 Å². The first-order chi connectivity index (χ1) is 11.9. The average Bonchev–Trinajstić information content (AvgIpc) is 2.97. The minimum atomic E-state index is -0.356. The Bertz CT molecular complexity index is 939. The van der Waals surface area contributed by atoms with Crippen LogP contribution in [-0.4, -0.2) is 15.7 Å². The molecule has 0 fully saturated rings. The van der Waals surface area contributed by atoms with Gasteiger partial charge in [-0.1, -0.05) is 52.5 Å². The third-order valence-electron chi connectivity index (χ3n) is 3.47. The van der Waals surface area contributed by atoms with Crippen molar-refractivity contribution in [1.82, 2.24) is 9.78 Å². The zero-order valence-corrected chi connectivity index (χ0v) is 15.7. The van der Waals surface area contributed by atoms with Crippen LogP contribution < -0.4 is 5.32 Å². The predicted molar refractivity (Wildman–Crippen MR) is 102 cm³/mol. The summed E-state index contributed by atoms with van der Waals surface area (Å²) in [6.45, 7) is 0.382. The van der Waals surface area contributed by atoms with E-state index in [4.69, 9.17) is 46.4 Å². The van der Waals surface area contributed by atoms with Gasteiger partial charge in [-0.3, -0.25) is 4.79 Å². The van der Waals surface area contributed by atoms with Crippen molar-refractivity contribution in [1.29, 1.82) is 0 Å². The van der Waals surface area contributed by atoms with E-state index >= 15 is 0 Å². The first-order valence-electron chi connectivity index (χ1n) is 7.16. The van der Waals surface area contributed by atoms with E-state index in [1.807, 2.05) is 6.07 Å². The first kappa shape index (κ1) is 18.1. The molecule has 1 amide bonds. The minimum Gasteiger partial charge on any atom is -0.307 e. The molecule has 1 aromatic heterocycles. The molecule has 0 radical (unpaired) electrons. The van der Waals surface area contributed by atoms with Gasteiger partial charge in [0, 0.05) is 21.1 Å². The van der Waals surface area contributed by atoms with Gasteiger partial charge in [0.05, 0.1) is 23.3 Å². The van der Waals surface area contributed by atoms with Crippen LogP contribution in [0.25, 0.3) is 0 Å². The van der Waals surface area contributed by atoms with Crippen molar-refractivity contribution < 1.29 is 4.79 Å². The van der Waals surface area contributed by atoms with Gasteiger partial charge in [-0.25, -0.2) is 4.68 Å². The van der Waals surface area contributed by atoms with Crippen molar-refractivity contribution >= 4 is 58.1 Å². The van der Waals surface area contributed by atoms with Crippen LogP contribution in [0.1, 0.15) is 15.9 Å². The number of hydrogen-bond donors (Lipinski definition) is 1. The molecule has 3 rings (SSSR count). The number of halogens is 4. The van der Waals surface area contributed by atoms with Crippen LogP contribution in [0.3, 0.4) is 0 Å². The number of anilines is 1.